The molecular weight excluding hydrogens is 888 g/mol. The molecule has 3 saturated heterocycles. The predicted octanol–water partition coefficient (Wildman–Crippen LogP) is 1.23. The first-order valence-electron chi connectivity index (χ1n) is 24.5. The summed E-state index contributed by atoms with van der Waals surface area (Å²) in [7, 11) is 0. The van der Waals surface area contributed by atoms with Gasteiger partial charge in [-0.2, -0.15) is 0 Å². The molecule has 0 saturated carbocycles. The van der Waals surface area contributed by atoms with Crippen molar-refractivity contribution in [2.75, 3.05) is 19.8 Å². The van der Waals surface area contributed by atoms with Gasteiger partial charge in [0.05, 0.1) is 31.5 Å². The summed E-state index contributed by atoms with van der Waals surface area (Å²) in [5.74, 6) is -2.63. The van der Waals surface area contributed by atoms with Crippen LogP contribution in [0.1, 0.15) is 149 Å². The van der Waals surface area contributed by atoms with Crippen molar-refractivity contribution in [3.05, 3.63) is 0 Å². The van der Waals surface area contributed by atoms with Crippen molar-refractivity contribution < 1.29 is 103 Å². The minimum Gasteiger partial charge on any atom is -0.479 e. The molecule has 0 aliphatic carbocycles. The van der Waals surface area contributed by atoms with E-state index in [-0.39, 0.29) is 19.4 Å². The standard InChI is InChI=1S/C46H82O21/c1-4-5-15-19-29(20-18-23-31(50)30(49)21-16-13-11-9-7-6-8-10-12-14-17-22-32(51)43(58)59)64-46-42(67-44-39(56)36(53)33(52)24-61-44)41(35(26-62-46)63-28(3)48)66-45-40(57)38(55)37(54)34(65-45)25-60-27(2)47/h29-42,44-46,49-57H,4-26H2,1-3H3,(H,58,59)/t29-,30-,31+,32+,33-,34-,35-,36+,37-,38+,39-,40-,41+,42-,44+,45+,46+/m1/s1. The number of aliphatic hydroxyl groups excluding tert-OH is 9. The van der Waals surface area contributed by atoms with E-state index in [9.17, 15) is 60.3 Å². The molecule has 392 valence electrons. The summed E-state index contributed by atoms with van der Waals surface area (Å²) in [6, 6.07) is 0. The number of hydrogen-bond donors (Lipinski definition) is 10. The molecule has 67 heavy (non-hydrogen) atoms. The average Bonchev–Trinajstić information content (AvgIpc) is 3.28. The van der Waals surface area contributed by atoms with E-state index < -0.39 is 135 Å². The number of carboxylic acid groups (broad SMARTS) is 1. The summed E-state index contributed by atoms with van der Waals surface area (Å²) in [6.07, 6.45) is -8.54. The fourth-order valence-electron chi connectivity index (χ4n) is 8.50. The van der Waals surface area contributed by atoms with Gasteiger partial charge in [-0.05, 0) is 38.5 Å². The van der Waals surface area contributed by atoms with Crippen LogP contribution >= 0.6 is 0 Å². The molecule has 3 rings (SSSR count). The highest BCUT2D eigenvalue weighted by atomic mass is 16.8. The Morgan fingerprint density at radius 3 is 1.67 bits per heavy atom. The second-order valence-electron chi connectivity index (χ2n) is 18.3. The monoisotopic (exact) mass is 971 g/mol. The Hall–Kier alpha value is -2.19. The number of aliphatic carboxylic acids is 1. The molecule has 0 aromatic rings. The van der Waals surface area contributed by atoms with Gasteiger partial charge < -0.3 is 89.0 Å². The molecule has 21 nitrogen and oxygen atoms in total. The lowest BCUT2D eigenvalue weighted by molar-refractivity contribution is -0.379. The van der Waals surface area contributed by atoms with E-state index in [4.69, 9.17) is 43.0 Å². The zero-order valence-electron chi connectivity index (χ0n) is 39.5. The Morgan fingerprint density at radius 1 is 0.567 bits per heavy atom. The Bertz CT molecular complexity index is 1380. The lowest BCUT2D eigenvalue weighted by atomic mass is 9.97. The topological polar surface area (TPSA) is 327 Å². The number of esters is 2. The van der Waals surface area contributed by atoms with Gasteiger partial charge in [0.15, 0.2) is 31.1 Å². The Balaban J connectivity index is 1.62. The van der Waals surface area contributed by atoms with Gasteiger partial charge in [-0.3, -0.25) is 9.59 Å². The van der Waals surface area contributed by atoms with Gasteiger partial charge in [-0.25, -0.2) is 4.79 Å². The first kappa shape index (κ1) is 59.1. The van der Waals surface area contributed by atoms with Crippen molar-refractivity contribution >= 4 is 17.9 Å². The second kappa shape index (κ2) is 31.9. The lowest BCUT2D eigenvalue weighted by Crippen LogP contribution is -2.65. The van der Waals surface area contributed by atoms with Crippen LogP contribution in [-0.4, -0.2) is 193 Å². The van der Waals surface area contributed by atoms with Crippen LogP contribution in [0.2, 0.25) is 0 Å². The highest BCUT2D eigenvalue weighted by molar-refractivity contribution is 5.71. The van der Waals surface area contributed by atoms with Gasteiger partial charge in [0.2, 0.25) is 0 Å². The molecule has 0 spiro atoms. The van der Waals surface area contributed by atoms with E-state index in [0.29, 0.717) is 32.1 Å². The van der Waals surface area contributed by atoms with Crippen LogP contribution in [0.5, 0.6) is 0 Å². The molecule has 3 heterocycles. The summed E-state index contributed by atoms with van der Waals surface area (Å²) in [4.78, 5) is 34.6. The molecule has 17 atom stereocenters. The van der Waals surface area contributed by atoms with E-state index in [1.807, 2.05) is 6.92 Å². The number of carbonyl (C=O) groups is 3. The van der Waals surface area contributed by atoms with Crippen LogP contribution in [0.15, 0.2) is 0 Å². The van der Waals surface area contributed by atoms with Crippen molar-refractivity contribution in [1.82, 2.24) is 0 Å². The van der Waals surface area contributed by atoms with Crippen LogP contribution in [-0.2, 0) is 52.3 Å². The average molecular weight is 971 g/mol. The van der Waals surface area contributed by atoms with Crippen molar-refractivity contribution in [3.8, 4) is 0 Å². The molecular formula is C46H82O21. The normalized spacial score (nSPS) is 32.0. The van der Waals surface area contributed by atoms with Crippen molar-refractivity contribution in [3.63, 3.8) is 0 Å². The molecule has 10 N–H and O–H groups in total. The Kier molecular flexibility index (Phi) is 28.2. The van der Waals surface area contributed by atoms with Crippen LogP contribution in [0.4, 0.5) is 0 Å². The maximum atomic E-state index is 12.4. The highest BCUT2D eigenvalue weighted by Gasteiger charge is 2.53. The largest absolute Gasteiger partial charge is 0.479 e. The van der Waals surface area contributed by atoms with Crippen molar-refractivity contribution in [1.29, 1.82) is 0 Å². The van der Waals surface area contributed by atoms with E-state index in [1.165, 1.54) is 0 Å². The van der Waals surface area contributed by atoms with Crippen LogP contribution in [0.3, 0.4) is 0 Å². The third kappa shape index (κ3) is 21.0. The van der Waals surface area contributed by atoms with Gasteiger partial charge in [-0.15, -0.1) is 0 Å². The third-order valence-corrected chi connectivity index (χ3v) is 12.5. The maximum Gasteiger partial charge on any atom is 0.332 e. The van der Waals surface area contributed by atoms with Crippen molar-refractivity contribution in [2.45, 2.75) is 254 Å². The zero-order chi connectivity index (χ0) is 49.5. The summed E-state index contributed by atoms with van der Waals surface area (Å²) in [5.41, 5.74) is 0. The smallest absolute Gasteiger partial charge is 0.332 e. The summed E-state index contributed by atoms with van der Waals surface area (Å²) in [5, 5.41) is 104. The Morgan fingerprint density at radius 2 is 1.09 bits per heavy atom. The van der Waals surface area contributed by atoms with E-state index in [2.05, 4.69) is 0 Å². The molecule has 0 radical (unpaired) electrons. The fourth-order valence-corrected chi connectivity index (χ4v) is 8.50. The SMILES string of the molecule is CCCCC[C@H](CCC[C@H](O)[C@H](O)CCCCCCCCCCCCC[C@H](O)C(=O)O)O[C@@H]1OC[C@@H](OC(C)=O)[C@H](O[C@@H]2O[C@H](COC(C)=O)[C@@H](O)[C@H](O)[C@H]2O)[C@H]1O[C@@H]1OC[C@@H](O)[C@H](O)[C@H]1O. The predicted molar refractivity (Wildman–Crippen MR) is 235 cm³/mol. The maximum absolute atomic E-state index is 12.4. The molecule has 3 aliphatic heterocycles. The van der Waals surface area contributed by atoms with Gasteiger partial charge in [0, 0.05) is 13.8 Å². The van der Waals surface area contributed by atoms with Crippen LogP contribution < -0.4 is 0 Å². The lowest BCUT2D eigenvalue weighted by Gasteiger charge is -2.47. The molecule has 0 bridgehead atoms. The van der Waals surface area contributed by atoms with Crippen LogP contribution in [0, 0.1) is 0 Å². The fraction of sp³-hybridized carbons (Fsp3) is 0.935. The first-order valence-corrected chi connectivity index (χ1v) is 24.5. The number of carboxylic acids is 1. The number of carbonyl (C=O) groups excluding carboxylic acids is 2. The number of ether oxygens (including phenoxy) is 8. The Labute approximate surface area is 393 Å². The summed E-state index contributed by atoms with van der Waals surface area (Å²) < 4.78 is 47.0. The number of aliphatic hydroxyl groups is 9. The highest BCUT2D eigenvalue weighted by Crippen LogP contribution is 2.34. The summed E-state index contributed by atoms with van der Waals surface area (Å²) in [6.45, 7) is 3.02. The number of hydrogen-bond acceptors (Lipinski definition) is 20. The molecule has 0 unspecified atom stereocenters. The molecule has 0 amide bonds. The van der Waals surface area contributed by atoms with Crippen molar-refractivity contribution in [2.24, 2.45) is 0 Å². The molecule has 21 heteroatoms. The molecule has 0 aromatic carbocycles. The van der Waals surface area contributed by atoms with Gasteiger partial charge in [0.25, 0.3) is 0 Å². The van der Waals surface area contributed by atoms with E-state index >= 15 is 0 Å². The third-order valence-electron chi connectivity index (χ3n) is 12.5. The van der Waals surface area contributed by atoms with Crippen LogP contribution in [0.25, 0.3) is 0 Å². The molecule has 3 fully saturated rings. The zero-order valence-corrected chi connectivity index (χ0v) is 39.5. The quantitative estimate of drug-likeness (QED) is 0.0327. The van der Waals surface area contributed by atoms with Gasteiger partial charge in [0.1, 0.15) is 61.5 Å². The minimum atomic E-state index is -1.89. The minimum absolute atomic E-state index is 0.280. The first-order chi connectivity index (χ1) is 31.9. The van der Waals surface area contributed by atoms with E-state index in [0.717, 1.165) is 97.3 Å². The molecule has 3 aliphatic rings. The van der Waals surface area contributed by atoms with E-state index in [1.54, 1.807) is 0 Å². The number of rotatable bonds is 33. The molecule has 0 aromatic heterocycles. The van der Waals surface area contributed by atoms with Gasteiger partial charge in [-0.1, -0.05) is 96.8 Å². The second-order valence-corrected chi connectivity index (χ2v) is 18.3. The number of unbranched alkanes of at least 4 members (excludes halogenated alkanes) is 12. The summed E-state index contributed by atoms with van der Waals surface area (Å²) >= 11 is 0. The van der Waals surface area contributed by atoms with Gasteiger partial charge >= 0.3 is 17.9 Å².